The minimum absolute atomic E-state index is 0.140. The summed E-state index contributed by atoms with van der Waals surface area (Å²) in [5.41, 5.74) is 6.88. The maximum Gasteiger partial charge on any atom is 0.103 e. The lowest BCUT2D eigenvalue weighted by Gasteiger charge is -2.30. The van der Waals surface area contributed by atoms with E-state index in [1.54, 1.807) is 6.20 Å². The SMILES string of the molecule is Cn1nccc1C1OCCCC1CN. The van der Waals surface area contributed by atoms with Crippen LogP contribution in [0.3, 0.4) is 0 Å². The highest BCUT2D eigenvalue weighted by molar-refractivity contribution is 5.07. The van der Waals surface area contributed by atoms with Crippen LogP contribution in [0.1, 0.15) is 24.6 Å². The molecule has 78 valence electrons. The van der Waals surface area contributed by atoms with Crippen molar-refractivity contribution in [3.63, 3.8) is 0 Å². The van der Waals surface area contributed by atoms with Gasteiger partial charge in [-0.3, -0.25) is 4.68 Å². The van der Waals surface area contributed by atoms with Crippen molar-refractivity contribution in [2.24, 2.45) is 18.7 Å². The van der Waals surface area contributed by atoms with E-state index in [1.807, 2.05) is 17.8 Å². The predicted molar refractivity (Wildman–Crippen MR) is 53.7 cm³/mol. The van der Waals surface area contributed by atoms with Gasteiger partial charge in [-0.1, -0.05) is 0 Å². The lowest BCUT2D eigenvalue weighted by Crippen LogP contribution is -2.29. The molecule has 14 heavy (non-hydrogen) atoms. The summed E-state index contributed by atoms with van der Waals surface area (Å²) in [6.45, 7) is 1.53. The third-order valence-corrected chi connectivity index (χ3v) is 2.90. The van der Waals surface area contributed by atoms with E-state index in [4.69, 9.17) is 10.5 Å². The molecule has 0 amide bonds. The van der Waals surface area contributed by atoms with Crippen LogP contribution in [0.4, 0.5) is 0 Å². The van der Waals surface area contributed by atoms with Crippen LogP contribution in [-0.4, -0.2) is 22.9 Å². The third kappa shape index (κ3) is 1.67. The van der Waals surface area contributed by atoms with E-state index in [9.17, 15) is 0 Å². The lowest BCUT2D eigenvalue weighted by atomic mass is 9.92. The molecular formula is C10H17N3O. The first-order chi connectivity index (χ1) is 6.83. The first-order valence-electron chi connectivity index (χ1n) is 5.12. The Hall–Kier alpha value is -0.870. The zero-order valence-electron chi connectivity index (χ0n) is 8.52. The summed E-state index contributed by atoms with van der Waals surface area (Å²) < 4.78 is 7.64. The average molecular weight is 195 g/mol. The number of aryl methyl sites for hydroxylation is 1. The van der Waals surface area contributed by atoms with Crippen molar-refractivity contribution in [2.75, 3.05) is 13.2 Å². The summed E-state index contributed by atoms with van der Waals surface area (Å²) in [7, 11) is 1.95. The monoisotopic (exact) mass is 195 g/mol. The third-order valence-electron chi connectivity index (χ3n) is 2.90. The van der Waals surface area contributed by atoms with Crippen LogP contribution < -0.4 is 5.73 Å². The van der Waals surface area contributed by atoms with E-state index < -0.39 is 0 Å². The highest BCUT2D eigenvalue weighted by Gasteiger charge is 2.28. The Bertz CT molecular complexity index is 297. The van der Waals surface area contributed by atoms with Crippen molar-refractivity contribution in [3.05, 3.63) is 18.0 Å². The fourth-order valence-electron chi connectivity index (χ4n) is 2.07. The van der Waals surface area contributed by atoms with Gasteiger partial charge in [0.05, 0.1) is 5.69 Å². The Morgan fingerprint density at radius 2 is 2.57 bits per heavy atom. The molecule has 0 saturated carbocycles. The maximum absolute atomic E-state index is 5.77. The molecule has 1 aromatic heterocycles. The second kappa shape index (κ2) is 4.11. The maximum atomic E-state index is 5.77. The number of nitrogens with zero attached hydrogens (tertiary/aromatic N) is 2. The van der Waals surface area contributed by atoms with Gasteiger partial charge in [-0.05, 0) is 25.5 Å². The molecule has 4 nitrogen and oxygen atoms in total. The fourth-order valence-corrected chi connectivity index (χ4v) is 2.07. The molecule has 2 atom stereocenters. The average Bonchev–Trinajstić information content (AvgIpc) is 2.64. The molecule has 0 aromatic carbocycles. The van der Waals surface area contributed by atoms with Gasteiger partial charge in [-0.15, -0.1) is 0 Å². The van der Waals surface area contributed by atoms with E-state index >= 15 is 0 Å². The second-order valence-corrected chi connectivity index (χ2v) is 3.81. The number of rotatable bonds is 2. The Morgan fingerprint density at radius 3 is 3.21 bits per heavy atom. The summed E-state index contributed by atoms with van der Waals surface area (Å²) in [4.78, 5) is 0. The highest BCUT2D eigenvalue weighted by Crippen LogP contribution is 2.32. The first kappa shape index (κ1) is 9.68. The van der Waals surface area contributed by atoms with Gasteiger partial charge in [-0.25, -0.2) is 0 Å². The van der Waals surface area contributed by atoms with E-state index in [0.29, 0.717) is 12.5 Å². The Balaban J connectivity index is 2.19. The van der Waals surface area contributed by atoms with Crippen LogP contribution in [0, 0.1) is 5.92 Å². The molecule has 0 radical (unpaired) electrons. The summed E-state index contributed by atoms with van der Waals surface area (Å²) in [6, 6.07) is 2.01. The van der Waals surface area contributed by atoms with Crippen LogP contribution in [0.15, 0.2) is 12.3 Å². The van der Waals surface area contributed by atoms with Gasteiger partial charge in [0, 0.05) is 25.8 Å². The number of aromatic nitrogens is 2. The molecular weight excluding hydrogens is 178 g/mol. The minimum Gasteiger partial charge on any atom is -0.372 e. The molecule has 1 aromatic rings. The molecule has 1 fully saturated rings. The second-order valence-electron chi connectivity index (χ2n) is 3.81. The van der Waals surface area contributed by atoms with Gasteiger partial charge in [0.15, 0.2) is 0 Å². The number of hydrogen-bond donors (Lipinski definition) is 1. The van der Waals surface area contributed by atoms with Crippen LogP contribution in [0.5, 0.6) is 0 Å². The number of hydrogen-bond acceptors (Lipinski definition) is 3. The molecule has 1 aliphatic rings. The molecule has 2 rings (SSSR count). The predicted octanol–water partition coefficient (Wildman–Crippen LogP) is 0.847. The summed E-state index contributed by atoms with van der Waals surface area (Å²) in [6.07, 6.45) is 4.23. The van der Waals surface area contributed by atoms with E-state index in [0.717, 1.165) is 25.1 Å². The molecule has 1 saturated heterocycles. The van der Waals surface area contributed by atoms with Crippen molar-refractivity contribution >= 4 is 0 Å². The number of nitrogens with two attached hydrogens (primary N) is 1. The summed E-state index contributed by atoms with van der Waals surface area (Å²) in [5.74, 6) is 0.444. The molecule has 2 N–H and O–H groups in total. The molecule has 4 heteroatoms. The quantitative estimate of drug-likeness (QED) is 0.761. The highest BCUT2D eigenvalue weighted by atomic mass is 16.5. The van der Waals surface area contributed by atoms with E-state index in [-0.39, 0.29) is 6.10 Å². The van der Waals surface area contributed by atoms with Gasteiger partial charge >= 0.3 is 0 Å². The van der Waals surface area contributed by atoms with Crippen molar-refractivity contribution in [2.45, 2.75) is 18.9 Å². The van der Waals surface area contributed by atoms with Crippen LogP contribution in [-0.2, 0) is 11.8 Å². The summed E-state index contributed by atoms with van der Waals surface area (Å²) in [5, 5.41) is 4.16. The van der Waals surface area contributed by atoms with Crippen LogP contribution in [0.25, 0.3) is 0 Å². The van der Waals surface area contributed by atoms with Crippen molar-refractivity contribution in [1.82, 2.24) is 9.78 Å². The number of ether oxygens (including phenoxy) is 1. The largest absolute Gasteiger partial charge is 0.372 e. The van der Waals surface area contributed by atoms with E-state index in [2.05, 4.69) is 5.10 Å². The van der Waals surface area contributed by atoms with Gasteiger partial charge in [0.25, 0.3) is 0 Å². The molecule has 2 heterocycles. The van der Waals surface area contributed by atoms with Crippen molar-refractivity contribution in [3.8, 4) is 0 Å². The van der Waals surface area contributed by atoms with Gasteiger partial charge < -0.3 is 10.5 Å². The minimum atomic E-state index is 0.140. The standard InChI is InChI=1S/C10H17N3O/c1-13-9(4-5-12-13)10-8(7-11)3-2-6-14-10/h4-5,8,10H,2-3,6-7,11H2,1H3. The molecule has 2 unspecified atom stereocenters. The van der Waals surface area contributed by atoms with Crippen LogP contribution in [0.2, 0.25) is 0 Å². The molecule has 1 aliphatic heterocycles. The van der Waals surface area contributed by atoms with Gasteiger partial charge in [0.2, 0.25) is 0 Å². The zero-order valence-corrected chi connectivity index (χ0v) is 8.52. The van der Waals surface area contributed by atoms with Gasteiger partial charge in [-0.2, -0.15) is 5.10 Å². The van der Waals surface area contributed by atoms with Crippen molar-refractivity contribution in [1.29, 1.82) is 0 Å². The zero-order chi connectivity index (χ0) is 9.97. The Kier molecular flexibility index (Phi) is 2.84. The van der Waals surface area contributed by atoms with E-state index in [1.165, 1.54) is 0 Å². The first-order valence-corrected chi connectivity index (χ1v) is 5.12. The van der Waals surface area contributed by atoms with Crippen molar-refractivity contribution < 1.29 is 4.74 Å². The Labute approximate surface area is 84.0 Å². The molecule has 0 aliphatic carbocycles. The normalized spacial score (nSPS) is 27.9. The lowest BCUT2D eigenvalue weighted by molar-refractivity contribution is -0.0296. The molecule has 0 bridgehead atoms. The topological polar surface area (TPSA) is 53.1 Å². The Morgan fingerprint density at radius 1 is 1.71 bits per heavy atom. The smallest absolute Gasteiger partial charge is 0.103 e. The van der Waals surface area contributed by atoms with Gasteiger partial charge in [0.1, 0.15) is 6.10 Å². The summed E-state index contributed by atoms with van der Waals surface area (Å²) >= 11 is 0. The fraction of sp³-hybridized carbons (Fsp3) is 0.700. The van der Waals surface area contributed by atoms with Crippen LogP contribution >= 0.6 is 0 Å². The molecule has 0 spiro atoms.